The van der Waals surface area contributed by atoms with Gasteiger partial charge in [0, 0.05) is 0 Å². The molecule has 2 aromatic rings. The number of carbonyl (C=O) groups excluding carboxylic acids is 1. The molecule has 4 nitrogen and oxygen atoms in total. The highest BCUT2D eigenvalue weighted by molar-refractivity contribution is 8.18. The Morgan fingerprint density at radius 2 is 1.89 bits per heavy atom. The van der Waals surface area contributed by atoms with Crippen LogP contribution in [0, 0.1) is 0 Å². The molecule has 0 spiro atoms. The van der Waals surface area contributed by atoms with E-state index in [9.17, 15) is 4.79 Å². The number of rotatable bonds is 4. The maximum Gasteiger partial charge on any atom is 0.264 e. The van der Waals surface area contributed by atoms with Crippen molar-refractivity contribution in [2.45, 2.75) is 32.7 Å². The topological polar surface area (TPSA) is 50.7 Å². The first-order chi connectivity index (χ1) is 12.8. The van der Waals surface area contributed by atoms with Gasteiger partial charge in [-0.1, -0.05) is 57.2 Å². The van der Waals surface area contributed by atoms with Crippen molar-refractivity contribution in [3.8, 4) is 5.75 Å². The number of nitrogens with zero attached hydrogens (tertiary/aromatic N) is 1. The summed E-state index contributed by atoms with van der Waals surface area (Å²) in [5.74, 6) is 0.694. The van der Waals surface area contributed by atoms with E-state index >= 15 is 0 Å². The van der Waals surface area contributed by atoms with Crippen molar-refractivity contribution in [1.29, 1.82) is 0 Å². The first kappa shape index (κ1) is 19.2. The molecule has 0 saturated carbocycles. The van der Waals surface area contributed by atoms with Crippen LogP contribution in [0.5, 0.6) is 5.75 Å². The van der Waals surface area contributed by atoms with Crippen LogP contribution in [0.1, 0.15) is 37.5 Å². The third kappa shape index (κ3) is 5.01. The Morgan fingerprint density at radius 3 is 2.56 bits per heavy atom. The van der Waals surface area contributed by atoms with Gasteiger partial charge >= 0.3 is 0 Å². The van der Waals surface area contributed by atoms with Crippen LogP contribution in [0.25, 0.3) is 6.08 Å². The number of ether oxygens (including phenoxy) is 1. The lowest BCUT2D eigenvalue weighted by atomic mass is 9.87. The highest BCUT2D eigenvalue weighted by Crippen LogP contribution is 2.28. The summed E-state index contributed by atoms with van der Waals surface area (Å²) in [4.78, 5) is 17.4. The van der Waals surface area contributed by atoms with Gasteiger partial charge in [-0.2, -0.15) is 0 Å². The zero-order valence-electron chi connectivity index (χ0n) is 16.1. The summed E-state index contributed by atoms with van der Waals surface area (Å²) in [5.41, 5.74) is 3.43. The zero-order valence-corrected chi connectivity index (χ0v) is 16.9. The average molecular weight is 381 g/mol. The first-order valence-electron chi connectivity index (χ1n) is 8.84. The van der Waals surface area contributed by atoms with Crippen molar-refractivity contribution >= 4 is 28.9 Å². The van der Waals surface area contributed by atoms with Crippen molar-refractivity contribution in [2.75, 3.05) is 7.11 Å². The van der Waals surface area contributed by atoms with Crippen molar-refractivity contribution in [1.82, 2.24) is 5.32 Å². The van der Waals surface area contributed by atoms with Crippen LogP contribution in [0.2, 0.25) is 0 Å². The number of amides is 1. The average Bonchev–Trinajstić information content (AvgIpc) is 2.99. The molecule has 1 N–H and O–H groups in total. The maximum absolute atomic E-state index is 12.2. The Balaban J connectivity index is 1.70. The highest BCUT2D eigenvalue weighted by atomic mass is 32.2. The molecule has 1 aliphatic heterocycles. The smallest absolute Gasteiger partial charge is 0.264 e. The van der Waals surface area contributed by atoms with Crippen LogP contribution >= 0.6 is 11.8 Å². The van der Waals surface area contributed by atoms with Gasteiger partial charge in [0.05, 0.1) is 18.6 Å². The molecule has 0 aliphatic carbocycles. The van der Waals surface area contributed by atoms with Crippen LogP contribution in [-0.4, -0.2) is 18.2 Å². The number of aliphatic imine (C=N–C) groups is 1. The lowest BCUT2D eigenvalue weighted by Crippen LogP contribution is -2.19. The maximum atomic E-state index is 12.2. The minimum absolute atomic E-state index is 0.107. The fraction of sp³-hybridized carbons (Fsp3) is 0.273. The minimum atomic E-state index is -0.107. The number of hydrogen-bond donors (Lipinski definition) is 1. The molecule has 0 atom stereocenters. The first-order valence-corrected chi connectivity index (χ1v) is 9.65. The molecule has 5 heteroatoms. The Morgan fingerprint density at radius 1 is 1.15 bits per heavy atom. The molecule has 0 radical (unpaired) electrons. The molecule has 0 bridgehead atoms. The number of carbonyl (C=O) groups is 1. The summed E-state index contributed by atoms with van der Waals surface area (Å²) >= 11 is 1.37. The molecule has 27 heavy (non-hydrogen) atoms. The van der Waals surface area contributed by atoms with Gasteiger partial charge in [0.25, 0.3) is 5.91 Å². The number of methoxy groups -OCH3 is 1. The number of nitrogens with one attached hydrogen (secondary N) is 1. The Hall–Kier alpha value is -2.53. The zero-order chi connectivity index (χ0) is 19.4. The number of thioether (sulfide) groups is 1. The fourth-order valence-corrected chi connectivity index (χ4v) is 3.49. The minimum Gasteiger partial charge on any atom is -0.497 e. The number of benzene rings is 2. The van der Waals surface area contributed by atoms with E-state index in [1.807, 2.05) is 42.5 Å². The molecular formula is C22H24N2O2S. The molecule has 3 rings (SSSR count). The second-order valence-corrected chi connectivity index (χ2v) is 8.44. The van der Waals surface area contributed by atoms with E-state index in [-0.39, 0.29) is 11.3 Å². The van der Waals surface area contributed by atoms with Gasteiger partial charge in [-0.05, 0) is 52.1 Å². The summed E-state index contributed by atoms with van der Waals surface area (Å²) < 4.78 is 5.22. The monoisotopic (exact) mass is 380 g/mol. The van der Waals surface area contributed by atoms with E-state index in [0.29, 0.717) is 16.6 Å². The van der Waals surface area contributed by atoms with Gasteiger partial charge in [-0.25, -0.2) is 0 Å². The summed E-state index contributed by atoms with van der Waals surface area (Å²) in [7, 11) is 1.64. The van der Waals surface area contributed by atoms with Crippen LogP contribution < -0.4 is 10.1 Å². The largest absolute Gasteiger partial charge is 0.497 e. The van der Waals surface area contributed by atoms with Gasteiger partial charge in [0.15, 0.2) is 5.17 Å². The van der Waals surface area contributed by atoms with E-state index in [0.717, 1.165) is 16.9 Å². The van der Waals surface area contributed by atoms with E-state index in [1.54, 1.807) is 7.11 Å². The fourth-order valence-electron chi connectivity index (χ4n) is 2.67. The summed E-state index contributed by atoms with van der Waals surface area (Å²) in [6, 6.07) is 16.1. The normalized spacial score (nSPS) is 17.4. The third-order valence-electron chi connectivity index (χ3n) is 4.26. The SMILES string of the molecule is COc1cccc(CN=C2NC(=O)C(=Cc3ccc(C(C)(C)C)cc3)S2)c1. The van der Waals surface area contributed by atoms with Crippen LogP contribution in [0.3, 0.4) is 0 Å². The molecule has 2 aromatic carbocycles. The lowest BCUT2D eigenvalue weighted by Gasteiger charge is -2.18. The van der Waals surface area contributed by atoms with Gasteiger partial charge in [0.2, 0.25) is 0 Å². The highest BCUT2D eigenvalue weighted by Gasteiger charge is 2.23. The molecular weight excluding hydrogens is 356 g/mol. The molecule has 1 aliphatic rings. The van der Waals surface area contributed by atoms with E-state index < -0.39 is 0 Å². The number of hydrogen-bond acceptors (Lipinski definition) is 4. The van der Waals surface area contributed by atoms with E-state index in [4.69, 9.17) is 4.74 Å². The van der Waals surface area contributed by atoms with Gasteiger partial charge in [-0.3, -0.25) is 9.79 Å². The standard InChI is InChI=1S/C22H24N2O2S/c1-22(2,3)17-10-8-15(9-11-17)13-19-20(25)24-21(27-19)23-14-16-6-5-7-18(12-16)26-4/h5-13H,14H2,1-4H3,(H,23,24,25). The molecule has 1 fully saturated rings. The Labute approximate surface area is 164 Å². The Kier molecular flexibility index (Phi) is 5.71. The predicted octanol–water partition coefficient (Wildman–Crippen LogP) is 4.75. The number of amidine groups is 1. The van der Waals surface area contributed by atoms with Crippen LogP contribution in [0.15, 0.2) is 58.4 Å². The summed E-state index contributed by atoms with van der Waals surface area (Å²) in [5, 5.41) is 3.46. The summed E-state index contributed by atoms with van der Waals surface area (Å²) in [6.07, 6.45) is 1.90. The van der Waals surface area contributed by atoms with Gasteiger partial charge < -0.3 is 10.1 Å². The van der Waals surface area contributed by atoms with Crippen molar-refractivity contribution in [3.63, 3.8) is 0 Å². The van der Waals surface area contributed by atoms with Gasteiger partial charge in [0.1, 0.15) is 5.75 Å². The van der Waals surface area contributed by atoms with Crippen LogP contribution in [-0.2, 0) is 16.8 Å². The van der Waals surface area contributed by atoms with Crippen LogP contribution in [0.4, 0.5) is 0 Å². The van der Waals surface area contributed by atoms with Crippen molar-refractivity contribution < 1.29 is 9.53 Å². The van der Waals surface area contributed by atoms with E-state index in [2.05, 4.69) is 43.2 Å². The van der Waals surface area contributed by atoms with Crippen molar-refractivity contribution in [2.24, 2.45) is 4.99 Å². The molecule has 0 aromatic heterocycles. The second kappa shape index (κ2) is 8.01. The molecule has 0 unspecified atom stereocenters. The second-order valence-electron chi connectivity index (χ2n) is 7.41. The lowest BCUT2D eigenvalue weighted by molar-refractivity contribution is -0.115. The summed E-state index contributed by atoms with van der Waals surface area (Å²) in [6.45, 7) is 7.05. The van der Waals surface area contributed by atoms with E-state index in [1.165, 1.54) is 17.3 Å². The van der Waals surface area contributed by atoms with Crippen molar-refractivity contribution in [3.05, 3.63) is 70.1 Å². The molecule has 1 saturated heterocycles. The molecule has 1 amide bonds. The molecule has 140 valence electrons. The predicted molar refractivity (Wildman–Crippen MR) is 113 cm³/mol. The van der Waals surface area contributed by atoms with Gasteiger partial charge in [-0.15, -0.1) is 0 Å². The molecule has 1 heterocycles. The Bertz CT molecular complexity index is 893. The third-order valence-corrected chi connectivity index (χ3v) is 5.21. The quantitative estimate of drug-likeness (QED) is 0.779.